The Kier molecular flexibility index (Phi) is 2.93. The molecule has 0 unspecified atom stereocenters. The lowest BCUT2D eigenvalue weighted by molar-refractivity contribution is -0.380. The number of nitrogens with zero attached hydrogens (tertiary/aromatic N) is 4. The Labute approximate surface area is 101 Å². The first-order valence-electron chi connectivity index (χ1n) is 4.03. The Morgan fingerprint density at radius 2 is 1.41 bits per heavy atom. The number of hydrogen-bond acceptors (Lipinski definition) is 9. The van der Waals surface area contributed by atoms with Gasteiger partial charge in [0.25, 0.3) is 0 Å². The average molecular weight is 273 g/mol. The van der Waals surface area contributed by atoms with E-state index in [2.05, 4.69) is 15.3 Å². The fourth-order valence-electron chi connectivity index (χ4n) is 0.907. The number of thiazole rings is 2. The van der Waals surface area contributed by atoms with Gasteiger partial charge in [0.15, 0.2) is 10.3 Å². The van der Waals surface area contributed by atoms with Crippen LogP contribution in [0, 0.1) is 20.2 Å². The Bertz CT molecular complexity index is 528. The number of hydrogen-bond donors (Lipinski definition) is 1. The standard InChI is InChI=1S/C6H3N5O4S2/c12-10(13)3-1-7-5(16-3)9-6-8-2-4(17-6)11(14)15/h1-2H,(H,7,8,9). The summed E-state index contributed by atoms with van der Waals surface area (Å²) in [6, 6.07) is 0. The number of nitrogens with one attached hydrogen (secondary N) is 1. The second-order valence-electron chi connectivity index (χ2n) is 2.65. The smallest absolute Gasteiger partial charge is 0.307 e. The van der Waals surface area contributed by atoms with Crippen molar-refractivity contribution in [3.8, 4) is 0 Å². The molecule has 9 nitrogen and oxygen atoms in total. The fourth-order valence-corrected chi connectivity index (χ4v) is 2.23. The second-order valence-corrected chi connectivity index (χ2v) is 4.66. The zero-order valence-electron chi connectivity index (χ0n) is 7.89. The molecule has 1 N–H and O–H groups in total. The van der Waals surface area contributed by atoms with Gasteiger partial charge in [0, 0.05) is 0 Å². The minimum atomic E-state index is -0.562. The molecule has 11 heteroatoms. The molecule has 2 aromatic heterocycles. The van der Waals surface area contributed by atoms with Gasteiger partial charge in [-0.3, -0.25) is 20.2 Å². The third-order valence-electron chi connectivity index (χ3n) is 1.56. The third kappa shape index (κ3) is 2.51. The molecule has 0 spiro atoms. The largest absolute Gasteiger partial charge is 0.345 e. The van der Waals surface area contributed by atoms with Crippen LogP contribution in [0.1, 0.15) is 0 Å². The SMILES string of the molecule is O=[N+]([O-])c1cnc(Nc2ncc([N+](=O)[O-])s2)s1. The van der Waals surface area contributed by atoms with Gasteiger partial charge in [0.05, 0.1) is 9.85 Å². The Morgan fingerprint density at radius 3 is 1.71 bits per heavy atom. The predicted molar refractivity (Wildman–Crippen MR) is 60.8 cm³/mol. The van der Waals surface area contributed by atoms with Crippen LogP contribution in [0.15, 0.2) is 12.4 Å². The van der Waals surface area contributed by atoms with Crippen molar-refractivity contribution < 1.29 is 9.85 Å². The molecule has 0 aromatic carbocycles. The molecule has 0 atom stereocenters. The van der Waals surface area contributed by atoms with E-state index < -0.39 is 9.85 Å². The van der Waals surface area contributed by atoms with E-state index in [0.29, 0.717) is 0 Å². The van der Waals surface area contributed by atoms with Crippen LogP contribution in [0.5, 0.6) is 0 Å². The van der Waals surface area contributed by atoms with E-state index in [1.165, 1.54) is 0 Å². The van der Waals surface area contributed by atoms with Crippen molar-refractivity contribution in [3.63, 3.8) is 0 Å². The van der Waals surface area contributed by atoms with Gasteiger partial charge in [-0.1, -0.05) is 0 Å². The van der Waals surface area contributed by atoms with Crippen LogP contribution in [0.2, 0.25) is 0 Å². The minimum Gasteiger partial charge on any atom is -0.307 e. The molecular formula is C6H3N5O4S2. The minimum absolute atomic E-state index is 0.112. The molecule has 0 saturated heterocycles. The summed E-state index contributed by atoms with van der Waals surface area (Å²) in [6.45, 7) is 0. The summed E-state index contributed by atoms with van der Waals surface area (Å²) >= 11 is 1.66. The van der Waals surface area contributed by atoms with E-state index in [0.717, 1.165) is 35.1 Å². The van der Waals surface area contributed by atoms with Crippen molar-refractivity contribution in [2.45, 2.75) is 0 Å². The number of nitro groups is 2. The van der Waals surface area contributed by atoms with Crippen LogP contribution < -0.4 is 5.32 Å². The number of aromatic nitrogens is 2. The summed E-state index contributed by atoms with van der Waals surface area (Å²) in [5, 5.41) is 23.8. The van der Waals surface area contributed by atoms with Crippen LogP contribution in [0.3, 0.4) is 0 Å². The van der Waals surface area contributed by atoms with E-state index in [-0.39, 0.29) is 20.3 Å². The molecule has 0 amide bonds. The van der Waals surface area contributed by atoms with Gasteiger partial charge in [0.1, 0.15) is 12.4 Å². The highest BCUT2D eigenvalue weighted by molar-refractivity contribution is 7.20. The molecule has 0 saturated carbocycles. The molecule has 88 valence electrons. The number of rotatable bonds is 4. The molecular weight excluding hydrogens is 270 g/mol. The predicted octanol–water partition coefficient (Wildman–Crippen LogP) is 2.16. The van der Waals surface area contributed by atoms with Gasteiger partial charge in [-0.15, -0.1) is 0 Å². The van der Waals surface area contributed by atoms with Crippen LogP contribution in [-0.2, 0) is 0 Å². The highest BCUT2D eigenvalue weighted by Crippen LogP contribution is 2.31. The lowest BCUT2D eigenvalue weighted by atomic mass is 10.8. The lowest BCUT2D eigenvalue weighted by Crippen LogP contribution is -1.86. The molecule has 0 aliphatic carbocycles. The summed E-state index contributed by atoms with van der Waals surface area (Å²) in [6.07, 6.45) is 2.21. The van der Waals surface area contributed by atoms with E-state index >= 15 is 0 Å². The quantitative estimate of drug-likeness (QED) is 0.668. The highest BCUT2D eigenvalue weighted by Gasteiger charge is 2.15. The van der Waals surface area contributed by atoms with Crippen LogP contribution >= 0.6 is 22.7 Å². The maximum Gasteiger partial charge on any atom is 0.345 e. The monoisotopic (exact) mass is 273 g/mol. The van der Waals surface area contributed by atoms with E-state index in [9.17, 15) is 20.2 Å². The highest BCUT2D eigenvalue weighted by atomic mass is 32.1. The van der Waals surface area contributed by atoms with Crippen molar-refractivity contribution in [1.82, 2.24) is 9.97 Å². The van der Waals surface area contributed by atoms with Crippen molar-refractivity contribution in [2.75, 3.05) is 5.32 Å². The molecule has 0 aliphatic rings. The first kappa shape index (κ1) is 11.3. The van der Waals surface area contributed by atoms with Gasteiger partial charge in [-0.2, -0.15) is 0 Å². The summed E-state index contributed by atoms with van der Waals surface area (Å²) < 4.78 is 0. The van der Waals surface area contributed by atoms with Gasteiger partial charge in [-0.05, 0) is 22.7 Å². The van der Waals surface area contributed by atoms with Gasteiger partial charge >= 0.3 is 10.0 Å². The average Bonchev–Trinajstić information content (AvgIpc) is 2.87. The zero-order valence-corrected chi connectivity index (χ0v) is 9.53. The molecule has 0 bridgehead atoms. The molecule has 2 rings (SSSR count). The topological polar surface area (TPSA) is 124 Å². The molecule has 2 aromatic rings. The molecule has 0 radical (unpaired) electrons. The Morgan fingerprint density at radius 1 is 1.00 bits per heavy atom. The zero-order chi connectivity index (χ0) is 12.4. The maximum absolute atomic E-state index is 10.4. The van der Waals surface area contributed by atoms with E-state index in [1.54, 1.807) is 0 Å². The summed E-state index contributed by atoms with van der Waals surface area (Å²) in [5.41, 5.74) is 0. The van der Waals surface area contributed by atoms with Crippen molar-refractivity contribution >= 4 is 42.9 Å². The van der Waals surface area contributed by atoms with Crippen molar-refractivity contribution in [3.05, 3.63) is 32.6 Å². The van der Waals surface area contributed by atoms with Gasteiger partial charge in [-0.25, -0.2) is 9.97 Å². The fraction of sp³-hybridized carbons (Fsp3) is 0. The maximum atomic E-state index is 10.4. The van der Waals surface area contributed by atoms with E-state index in [1.807, 2.05) is 0 Å². The number of anilines is 2. The van der Waals surface area contributed by atoms with Crippen LogP contribution in [-0.4, -0.2) is 19.8 Å². The summed E-state index contributed by atoms with van der Waals surface area (Å²) in [4.78, 5) is 27.2. The summed E-state index contributed by atoms with van der Waals surface area (Å²) in [5.74, 6) is 0. The lowest BCUT2D eigenvalue weighted by Gasteiger charge is -1.92. The molecule has 17 heavy (non-hydrogen) atoms. The van der Waals surface area contributed by atoms with Crippen molar-refractivity contribution in [2.24, 2.45) is 0 Å². The van der Waals surface area contributed by atoms with E-state index in [4.69, 9.17) is 0 Å². The molecule has 0 fully saturated rings. The van der Waals surface area contributed by atoms with Crippen LogP contribution in [0.25, 0.3) is 0 Å². The van der Waals surface area contributed by atoms with Crippen molar-refractivity contribution in [1.29, 1.82) is 0 Å². The second kappa shape index (κ2) is 4.39. The molecule has 0 aliphatic heterocycles. The van der Waals surface area contributed by atoms with Gasteiger partial charge < -0.3 is 5.32 Å². The normalized spacial score (nSPS) is 10.1. The van der Waals surface area contributed by atoms with Gasteiger partial charge in [0.2, 0.25) is 0 Å². The summed E-state index contributed by atoms with van der Waals surface area (Å²) in [7, 11) is 0. The molecule has 2 heterocycles. The third-order valence-corrected chi connectivity index (χ3v) is 3.29. The first-order chi connectivity index (χ1) is 8.06. The Hall–Kier alpha value is -2.14. The van der Waals surface area contributed by atoms with Crippen LogP contribution in [0.4, 0.5) is 20.3 Å². The Balaban J connectivity index is 2.13. The first-order valence-corrected chi connectivity index (χ1v) is 5.67.